The number of nitrogens with one attached hydrogen (secondary N) is 2. The monoisotopic (exact) mass is 392 g/mol. The number of anilines is 2. The van der Waals surface area contributed by atoms with Gasteiger partial charge >= 0.3 is 0 Å². The van der Waals surface area contributed by atoms with Gasteiger partial charge in [-0.15, -0.1) is 0 Å². The summed E-state index contributed by atoms with van der Waals surface area (Å²) in [4.78, 5) is 21.7. The largest absolute Gasteiger partial charge is 0.496 e. The molecule has 0 saturated heterocycles. The number of ether oxygens (including phenoxy) is 2. The van der Waals surface area contributed by atoms with Gasteiger partial charge in [-0.3, -0.25) is 4.79 Å². The van der Waals surface area contributed by atoms with E-state index < -0.39 is 0 Å². The first-order valence-corrected chi connectivity index (χ1v) is 9.18. The Morgan fingerprint density at radius 3 is 2.17 bits per heavy atom. The Morgan fingerprint density at radius 2 is 1.55 bits per heavy atom. The fourth-order valence-corrected chi connectivity index (χ4v) is 3.06. The van der Waals surface area contributed by atoms with Crippen LogP contribution >= 0.6 is 0 Å². The van der Waals surface area contributed by atoms with Crippen molar-refractivity contribution in [2.24, 2.45) is 0 Å². The minimum atomic E-state index is -0.231. The van der Waals surface area contributed by atoms with Gasteiger partial charge in [0.25, 0.3) is 5.91 Å². The summed E-state index contributed by atoms with van der Waals surface area (Å²) in [6, 6.07) is 14.6. The second-order valence-corrected chi connectivity index (χ2v) is 6.47. The van der Waals surface area contributed by atoms with E-state index in [1.807, 2.05) is 56.3 Å². The molecule has 0 aliphatic heterocycles. The lowest BCUT2D eigenvalue weighted by Crippen LogP contribution is -2.24. The molecule has 0 fully saturated rings. The van der Waals surface area contributed by atoms with Crippen LogP contribution in [0, 0.1) is 13.8 Å². The van der Waals surface area contributed by atoms with Crippen LogP contribution in [-0.2, 0) is 6.54 Å². The molecule has 0 spiro atoms. The quantitative estimate of drug-likeness (QED) is 0.636. The van der Waals surface area contributed by atoms with E-state index >= 15 is 0 Å². The van der Waals surface area contributed by atoms with Gasteiger partial charge in [0.05, 0.1) is 37.6 Å². The Hall–Kier alpha value is -3.61. The number of para-hydroxylation sites is 1. The average molecular weight is 392 g/mol. The predicted octanol–water partition coefficient (Wildman–Crippen LogP) is 3.78. The molecule has 150 valence electrons. The van der Waals surface area contributed by atoms with Crippen molar-refractivity contribution in [1.82, 2.24) is 15.3 Å². The van der Waals surface area contributed by atoms with Crippen molar-refractivity contribution in [2.45, 2.75) is 20.4 Å². The Bertz CT molecular complexity index is 978. The van der Waals surface area contributed by atoms with Crippen molar-refractivity contribution >= 4 is 17.5 Å². The summed E-state index contributed by atoms with van der Waals surface area (Å²) in [6.07, 6.45) is 0. The highest BCUT2D eigenvalue weighted by Gasteiger charge is 2.15. The van der Waals surface area contributed by atoms with Crippen LogP contribution in [0.25, 0.3) is 0 Å². The van der Waals surface area contributed by atoms with Gasteiger partial charge in [0.15, 0.2) is 0 Å². The number of amides is 1. The number of rotatable bonds is 7. The van der Waals surface area contributed by atoms with Crippen molar-refractivity contribution in [3.63, 3.8) is 0 Å². The standard InChI is InChI=1S/C22H24N4O3/c1-14-12-15(2)25-22(24-14)26-18-9-6-5-8-16(18)21(27)23-13-17-19(28-3)10-7-11-20(17)29-4/h5-12H,13H2,1-4H3,(H,23,27)(H,24,25,26). The minimum Gasteiger partial charge on any atom is -0.496 e. The molecule has 1 amide bonds. The molecule has 1 heterocycles. The molecule has 1 aromatic heterocycles. The second-order valence-electron chi connectivity index (χ2n) is 6.47. The number of hydrogen-bond acceptors (Lipinski definition) is 6. The van der Waals surface area contributed by atoms with Gasteiger partial charge in [-0.1, -0.05) is 18.2 Å². The highest BCUT2D eigenvalue weighted by molar-refractivity contribution is 6.00. The molecule has 0 unspecified atom stereocenters. The topological polar surface area (TPSA) is 85.4 Å². The highest BCUT2D eigenvalue weighted by atomic mass is 16.5. The van der Waals surface area contributed by atoms with E-state index in [4.69, 9.17) is 9.47 Å². The first-order valence-electron chi connectivity index (χ1n) is 9.18. The molecule has 0 aliphatic rings. The van der Waals surface area contributed by atoms with Gasteiger partial charge in [-0.05, 0) is 44.2 Å². The summed E-state index contributed by atoms with van der Waals surface area (Å²) >= 11 is 0. The minimum absolute atomic E-state index is 0.231. The van der Waals surface area contributed by atoms with Crippen molar-refractivity contribution < 1.29 is 14.3 Å². The zero-order chi connectivity index (χ0) is 20.8. The van der Waals surface area contributed by atoms with Gasteiger partial charge in [0.2, 0.25) is 5.95 Å². The molecule has 0 atom stereocenters. The molecule has 3 aromatic rings. The lowest BCUT2D eigenvalue weighted by Gasteiger charge is -2.15. The highest BCUT2D eigenvalue weighted by Crippen LogP contribution is 2.28. The van der Waals surface area contributed by atoms with Crippen LogP contribution in [0.4, 0.5) is 11.6 Å². The van der Waals surface area contributed by atoms with Gasteiger partial charge in [-0.25, -0.2) is 9.97 Å². The van der Waals surface area contributed by atoms with Crippen molar-refractivity contribution in [1.29, 1.82) is 0 Å². The summed E-state index contributed by atoms with van der Waals surface area (Å²) in [5, 5.41) is 6.08. The molecule has 29 heavy (non-hydrogen) atoms. The Morgan fingerprint density at radius 1 is 0.931 bits per heavy atom. The van der Waals surface area contributed by atoms with E-state index in [-0.39, 0.29) is 12.5 Å². The van der Waals surface area contributed by atoms with Gasteiger partial charge in [-0.2, -0.15) is 0 Å². The number of carbonyl (C=O) groups is 1. The molecule has 0 bridgehead atoms. The van der Waals surface area contributed by atoms with Crippen molar-refractivity contribution in [2.75, 3.05) is 19.5 Å². The third kappa shape index (κ3) is 4.82. The zero-order valence-corrected chi connectivity index (χ0v) is 16.9. The Balaban J connectivity index is 1.81. The van der Waals surface area contributed by atoms with Crippen LogP contribution in [0.15, 0.2) is 48.5 Å². The van der Waals surface area contributed by atoms with E-state index in [2.05, 4.69) is 20.6 Å². The maximum absolute atomic E-state index is 12.9. The smallest absolute Gasteiger partial charge is 0.253 e. The molecule has 2 N–H and O–H groups in total. The molecule has 2 aromatic carbocycles. The van der Waals surface area contributed by atoms with Crippen LogP contribution in [0.3, 0.4) is 0 Å². The van der Waals surface area contributed by atoms with Gasteiger partial charge in [0.1, 0.15) is 11.5 Å². The van der Waals surface area contributed by atoms with E-state index in [9.17, 15) is 4.79 Å². The van der Waals surface area contributed by atoms with E-state index in [0.29, 0.717) is 28.7 Å². The maximum atomic E-state index is 12.9. The summed E-state index contributed by atoms with van der Waals surface area (Å²) in [6.45, 7) is 4.07. The van der Waals surface area contributed by atoms with Crippen LogP contribution in [0.5, 0.6) is 11.5 Å². The van der Waals surface area contributed by atoms with E-state index in [0.717, 1.165) is 17.0 Å². The number of methoxy groups -OCH3 is 2. The van der Waals surface area contributed by atoms with Crippen LogP contribution in [0.2, 0.25) is 0 Å². The first kappa shape index (κ1) is 20.1. The summed E-state index contributed by atoms with van der Waals surface area (Å²) < 4.78 is 10.8. The van der Waals surface area contributed by atoms with Crippen molar-refractivity contribution in [3.8, 4) is 11.5 Å². The number of aromatic nitrogens is 2. The predicted molar refractivity (Wildman–Crippen MR) is 112 cm³/mol. The Labute approximate surface area is 170 Å². The van der Waals surface area contributed by atoms with Crippen LogP contribution < -0.4 is 20.1 Å². The number of hydrogen-bond donors (Lipinski definition) is 2. The number of aryl methyl sites for hydroxylation is 2. The maximum Gasteiger partial charge on any atom is 0.253 e. The third-order valence-corrected chi connectivity index (χ3v) is 4.36. The van der Waals surface area contributed by atoms with Crippen LogP contribution in [0.1, 0.15) is 27.3 Å². The molecule has 7 nitrogen and oxygen atoms in total. The summed E-state index contributed by atoms with van der Waals surface area (Å²) in [5.74, 6) is 1.53. The summed E-state index contributed by atoms with van der Waals surface area (Å²) in [7, 11) is 3.17. The number of carbonyl (C=O) groups excluding carboxylic acids is 1. The molecule has 3 rings (SSSR count). The average Bonchev–Trinajstić information content (AvgIpc) is 2.71. The lowest BCUT2D eigenvalue weighted by atomic mass is 10.1. The molecular weight excluding hydrogens is 368 g/mol. The van der Waals surface area contributed by atoms with E-state index in [1.54, 1.807) is 20.3 Å². The zero-order valence-electron chi connectivity index (χ0n) is 16.9. The molecular formula is C22H24N4O3. The fraction of sp³-hybridized carbons (Fsp3) is 0.227. The Kier molecular flexibility index (Phi) is 6.29. The van der Waals surface area contributed by atoms with Gasteiger partial charge < -0.3 is 20.1 Å². The lowest BCUT2D eigenvalue weighted by molar-refractivity contribution is 0.0951. The normalized spacial score (nSPS) is 10.3. The van der Waals surface area contributed by atoms with Crippen LogP contribution in [-0.4, -0.2) is 30.1 Å². The molecule has 0 radical (unpaired) electrons. The molecule has 7 heteroatoms. The molecule has 0 aliphatic carbocycles. The fourth-order valence-electron chi connectivity index (χ4n) is 3.06. The third-order valence-electron chi connectivity index (χ3n) is 4.36. The van der Waals surface area contributed by atoms with Crippen molar-refractivity contribution in [3.05, 3.63) is 71.0 Å². The second kappa shape index (κ2) is 9.05. The first-order chi connectivity index (χ1) is 14.0. The number of benzene rings is 2. The van der Waals surface area contributed by atoms with E-state index in [1.165, 1.54) is 0 Å². The molecule has 0 saturated carbocycles. The number of nitrogens with zero attached hydrogens (tertiary/aromatic N) is 2. The SMILES string of the molecule is COc1cccc(OC)c1CNC(=O)c1ccccc1Nc1nc(C)cc(C)n1. The summed E-state index contributed by atoms with van der Waals surface area (Å²) in [5.41, 5.74) is 3.59. The van der Waals surface area contributed by atoms with Gasteiger partial charge in [0, 0.05) is 11.4 Å².